The average Bonchev–Trinajstić information content (AvgIpc) is 2.85. The molecular weight excluding hydrogens is 234 g/mol. The summed E-state index contributed by atoms with van der Waals surface area (Å²) >= 11 is 0. The SMILES string of the molecule is Cc1ccccc1Cn1ccc2cccc(CO)c21. The van der Waals surface area contributed by atoms with Gasteiger partial charge in [-0.2, -0.15) is 0 Å². The highest BCUT2D eigenvalue weighted by Crippen LogP contribution is 2.22. The summed E-state index contributed by atoms with van der Waals surface area (Å²) in [6.07, 6.45) is 2.09. The van der Waals surface area contributed by atoms with Gasteiger partial charge in [-0.15, -0.1) is 0 Å². The van der Waals surface area contributed by atoms with Gasteiger partial charge in [0, 0.05) is 18.3 Å². The number of nitrogens with zero attached hydrogens (tertiary/aromatic N) is 1. The number of fused-ring (bicyclic) bond motifs is 1. The molecule has 0 bridgehead atoms. The Labute approximate surface area is 112 Å². The monoisotopic (exact) mass is 251 g/mol. The summed E-state index contributed by atoms with van der Waals surface area (Å²) in [4.78, 5) is 0. The zero-order valence-electron chi connectivity index (χ0n) is 11.0. The molecule has 0 atom stereocenters. The second-order valence-electron chi connectivity index (χ2n) is 4.88. The second-order valence-corrected chi connectivity index (χ2v) is 4.88. The Balaban J connectivity index is 2.09. The predicted octanol–water partition coefficient (Wildman–Crippen LogP) is 3.49. The van der Waals surface area contributed by atoms with E-state index >= 15 is 0 Å². The Hall–Kier alpha value is -2.06. The predicted molar refractivity (Wildman–Crippen MR) is 78.1 cm³/mol. The normalized spacial score (nSPS) is 11.1. The van der Waals surface area contributed by atoms with Gasteiger partial charge >= 0.3 is 0 Å². The summed E-state index contributed by atoms with van der Waals surface area (Å²) in [5.74, 6) is 0. The summed E-state index contributed by atoms with van der Waals surface area (Å²) < 4.78 is 2.21. The van der Waals surface area contributed by atoms with E-state index in [2.05, 4.69) is 54.1 Å². The minimum absolute atomic E-state index is 0.0785. The standard InChI is InChI=1S/C17H17NO/c1-13-5-2-3-6-15(13)11-18-10-9-14-7-4-8-16(12-19)17(14)18/h2-10,19H,11-12H2,1H3. The molecule has 19 heavy (non-hydrogen) atoms. The minimum Gasteiger partial charge on any atom is -0.392 e. The first-order valence-electron chi connectivity index (χ1n) is 6.51. The Morgan fingerprint density at radius 1 is 0.947 bits per heavy atom. The van der Waals surface area contributed by atoms with Gasteiger partial charge in [-0.1, -0.05) is 42.5 Å². The molecular formula is C17H17NO. The van der Waals surface area contributed by atoms with Crippen molar-refractivity contribution in [3.8, 4) is 0 Å². The summed E-state index contributed by atoms with van der Waals surface area (Å²) in [7, 11) is 0. The topological polar surface area (TPSA) is 25.2 Å². The molecule has 0 saturated carbocycles. The highest BCUT2D eigenvalue weighted by molar-refractivity contribution is 5.83. The highest BCUT2D eigenvalue weighted by Gasteiger charge is 2.07. The molecule has 1 heterocycles. The molecule has 3 rings (SSSR count). The Kier molecular flexibility index (Phi) is 3.10. The van der Waals surface area contributed by atoms with Crippen LogP contribution in [0.15, 0.2) is 54.7 Å². The lowest BCUT2D eigenvalue weighted by Gasteiger charge is -2.10. The molecule has 0 fully saturated rings. The zero-order chi connectivity index (χ0) is 13.2. The summed E-state index contributed by atoms with van der Waals surface area (Å²) in [6, 6.07) is 16.6. The largest absolute Gasteiger partial charge is 0.392 e. The van der Waals surface area contributed by atoms with Crippen LogP contribution in [0.5, 0.6) is 0 Å². The van der Waals surface area contributed by atoms with Crippen molar-refractivity contribution in [1.29, 1.82) is 0 Å². The average molecular weight is 251 g/mol. The molecule has 2 aromatic carbocycles. The molecule has 0 spiro atoms. The van der Waals surface area contributed by atoms with Crippen LogP contribution < -0.4 is 0 Å². The Bertz CT molecular complexity index is 712. The van der Waals surface area contributed by atoms with Gasteiger partial charge in [-0.25, -0.2) is 0 Å². The Morgan fingerprint density at radius 3 is 2.53 bits per heavy atom. The third kappa shape index (κ3) is 2.15. The van der Waals surface area contributed by atoms with Crippen LogP contribution in [-0.4, -0.2) is 9.67 Å². The molecule has 2 nitrogen and oxygen atoms in total. The van der Waals surface area contributed by atoms with Crippen LogP contribution in [0, 0.1) is 6.92 Å². The van der Waals surface area contributed by atoms with Crippen LogP contribution in [0.1, 0.15) is 16.7 Å². The summed E-state index contributed by atoms with van der Waals surface area (Å²) in [6.45, 7) is 3.05. The smallest absolute Gasteiger partial charge is 0.0702 e. The van der Waals surface area contributed by atoms with Crippen molar-refractivity contribution in [2.45, 2.75) is 20.1 Å². The second kappa shape index (κ2) is 4.90. The molecule has 0 aliphatic heterocycles. The number of aliphatic hydroxyl groups excluding tert-OH is 1. The molecule has 0 amide bonds. The maximum atomic E-state index is 9.49. The minimum atomic E-state index is 0.0785. The molecule has 1 N–H and O–H groups in total. The van der Waals surface area contributed by atoms with Gasteiger partial charge in [0.15, 0.2) is 0 Å². The third-order valence-corrected chi connectivity index (χ3v) is 3.64. The lowest BCUT2D eigenvalue weighted by molar-refractivity contribution is 0.283. The molecule has 0 radical (unpaired) electrons. The maximum absolute atomic E-state index is 9.49. The number of aliphatic hydroxyl groups is 1. The fourth-order valence-corrected chi connectivity index (χ4v) is 2.57. The van der Waals surface area contributed by atoms with Gasteiger partial charge in [0.1, 0.15) is 0 Å². The van der Waals surface area contributed by atoms with E-state index < -0.39 is 0 Å². The molecule has 0 saturated heterocycles. The van der Waals surface area contributed by atoms with Crippen LogP contribution in [-0.2, 0) is 13.2 Å². The fourth-order valence-electron chi connectivity index (χ4n) is 2.57. The van der Waals surface area contributed by atoms with E-state index in [4.69, 9.17) is 0 Å². The molecule has 2 heteroatoms. The van der Waals surface area contributed by atoms with Crippen LogP contribution in [0.3, 0.4) is 0 Å². The van der Waals surface area contributed by atoms with E-state index in [0.717, 1.165) is 17.6 Å². The number of rotatable bonds is 3. The van der Waals surface area contributed by atoms with Gasteiger partial charge in [-0.05, 0) is 29.5 Å². The van der Waals surface area contributed by atoms with E-state index in [1.165, 1.54) is 16.5 Å². The van der Waals surface area contributed by atoms with E-state index in [1.54, 1.807) is 0 Å². The van der Waals surface area contributed by atoms with Crippen LogP contribution in [0.25, 0.3) is 10.9 Å². The van der Waals surface area contributed by atoms with E-state index in [0.29, 0.717) is 0 Å². The van der Waals surface area contributed by atoms with Crippen molar-refractivity contribution in [2.24, 2.45) is 0 Å². The van der Waals surface area contributed by atoms with Crippen LogP contribution >= 0.6 is 0 Å². The molecule has 3 aromatic rings. The van der Waals surface area contributed by atoms with Gasteiger partial charge in [-0.3, -0.25) is 0 Å². The van der Waals surface area contributed by atoms with E-state index in [1.807, 2.05) is 12.1 Å². The van der Waals surface area contributed by atoms with Crippen molar-refractivity contribution in [3.63, 3.8) is 0 Å². The zero-order valence-corrected chi connectivity index (χ0v) is 11.0. The third-order valence-electron chi connectivity index (χ3n) is 3.64. The fraction of sp³-hybridized carbons (Fsp3) is 0.176. The van der Waals surface area contributed by atoms with Crippen LogP contribution in [0.2, 0.25) is 0 Å². The number of aromatic nitrogens is 1. The first kappa shape index (κ1) is 12.0. The van der Waals surface area contributed by atoms with Crippen molar-refractivity contribution in [3.05, 3.63) is 71.4 Å². The first-order chi connectivity index (χ1) is 9.29. The number of aryl methyl sites for hydroxylation is 1. The van der Waals surface area contributed by atoms with Gasteiger partial charge in [0.25, 0.3) is 0 Å². The molecule has 0 aliphatic rings. The van der Waals surface area contributed by atoms with Gasteiger partial charge in [0.2, 0.25) is 0 Å². The highest BCUT2D eigenvalue weighted by atomic mass is 16.3. The number of hydrogen-bond donors (Lipinski definition) is 1. The Morgan fingerprint density at radius 2 is 1.74 bits per heavy atom. The lowest BCUT2D eigenvalue weighted by Crippen LogP contribution is -2.01. The number of benzene rings is 2. The first-order valence-corrected chi connectivity index (χ1v) is 6.51. The van der Waals surface area contributed by atoms with E-state index in [-0.39, 0.29) is 6.61 Å². The van der Waals surface area contributed by atoms with Crippen molar-refractivity contribution in [1.82, 2.24) is 4.57 Å². The maximum Gasteiger partial charge on any atom is 0.0702 e. The summed E-state index contributed by atoms with van der Waals surface area (Å²) in [5, 5.41) is 10.7. The lowest BCUT2D eigenvalue weighted by atomic mass is 10.1. The van der Waals surface area contributed by atoms with Crippen molar-refractivity contribution in [2.75, 3.05) is 0 Å². The molecule has 0 unspecified atom stereocenters. The van der Waals surface area contributed by atoms with Crippen molar-refractivity contribution >= 4 is 10.9 Å². The van der Waals surface area contributed by atoms with E-state index in [9.17, 15) is 5.11 Å². The quantitative estimate of drug-likeness (QED) is 0.757. The van der Waals surface area contributed by atoms with Crippen molar-refractivity contribution < 1.29 is 5.11 Å². The summed E-state index contributed by atoms with van der Waals surface area (Å²) in [5.41, 5.74) is 4.72. The molecule has 0 aliphatic carbocycles. The van der Waals surface area contributed by atoms with Crippen LogP contribution in [0.4, 0.5) is 0 Å². The molecule has 1 aromatic heterocycles. The number of para-hydroxylation sites is 1. The van der Waals surface area contributed by atoms with Gasteiger partial charge < -0.3 is 9.67 Å². The van der Waals surface area contributed by atoms with Gasteiger partial charge in [0.05, 0.1) is 12.1 Å². The number of hydrogen-bond acceptors (Lipinski definition) is 1. The molecule has 96 valence electrons.